The third-order valence-electron chi connectivity index (χ3n) is 4.06. The molecule has 5 nitrogen and oxygen atoms in total. The summed E-state index contributed by atoms with van der Waals surface area (Å²) in [5.41, 5.74) is 0.777. The predicted octanol–water partition coefficient (Wildman–Crippen LogP) is 4.33. The topological polar surface area (TPSA) is 67.8 Å². The van der Waals surface area contributed by atoms with Gasteiger partial charge in [-0.15, -0.1) is 0 Å². The van der Waals surface area contributed by atoms with E-state index >= 15 is 0 Å². The van der Waals surface area contributed by atoms with Crippen molar-refractivity contribution in [1.29, 1.82) is 0 Å². The second-order valence-electron chi connectivity index (χ2n) is 6.13. The Balaban J connectivity index is 1.65. The van der Waals surface area contributed by atoms with Crippen molar-refractivity contribution in [2.45, 2.75) is 24.7 Å². The van der Waals surface area contributed by atoms with Gasteiger partial charge >= 0.3 is 0 Å². The highest BCUT2D eigenvalue weighted by atomic mass is 32.2. The van der Waals surface area contributed by atoms with Crippen LogP contribution >= 0.6 is 0 Å². The van der Waals surface area contributed by atoms with Crippen LogP contribution in [0.25, 0.3) is 10.8 Å². The first-order valence-corrected chi connectivity index (χ1v) is 10.3. The van der Waals surface area contributed by atoms with Gasteiger partial charge in [0, 0.05) is 0 Å². The van der Waals surface area contributed by atoms with Crippen LogP contribution in [-0.4, -0.2) is 21.2 Å². The predicted molar refractivity (Wildman–Crippen MR) is 109 cm³/mol. The summed E-state index contributed by atoms with van der Waals surface area (Å²) in [5, 5.41) is 5.72. The van der Waals surface area contributed by atoms with E-state index in [0.29, 0.717) is 6.61 Å². The molecule has 0 heterocycles. The Labute approximate surface area is 159 Å². The van der Waals surface area contributed by atoms with Crippen molar-refractivity contribution in [3.05, 3.63) is 72.3 Å². The molecule has 1 N–H and O–H groups in total. The maximum absolute atomic E-state index is 12.4. The van der Waals surface area contributed by atoms with Crippen LogP contribution in [0, 0.1) is 0 Å². The van der Waals surface area contributed by atoms with Crippen molar-refractivity contribution < 1.29 is 13.2 Å². The minimum Gasteiger partial charge on any atom is -0.494 e. The minimum atomic E-state index is -3.72. The Hall–Kier alpha value is -2.86. The number of hydrazone groups is 1. The smallest absolute Gasteiger partial charge is 0.276 e. The molecule has 0 amide bonds. The summed E-state index contributed by atoms with van der Waals surface area (Å²) in [6.45, 7) is 2.80. The van der Waals surface area contributed by atoms with Gasteiger partial charge in [0.2, 0.25) is 0 Å². The van der Waals surface area contributed by atoms with Crippen molar-refractivity contribution in [3.8, 4) is 5.75 Å². The molecule has 0 atom stereocenters. The summed E-state index contributed by atoms with van der Waals surface area (Å²) in [6, 6.07) is 19.9. The zero-order valence-corrected chi connectivity index (χ0v) is 15.9. The minimum absolute atomic E-state index is 0.179. The summed E-state index contributed by atoms with van der Waals surface area (Å²) in [6.07, 6.45) is 3.57. The zero-order valence-electron chi connectivity index (χ0n) is 15.1. The molecule has 0 bridgehead atoms. The molecule has 0 aliphatic rings. The summed E-state index contributed by atoms with van der Waals surface area (Å²) < 4.78 is 30.4. The van der Waals surface area contributed by atoms with E-state index in [1.807, 2.05) is 48.5 Å². The molecule has 0 aliphatic heterocycles. The first-order valence-electron chi connectivity index (χ1n) is 8.85. The van der Waals surface area contributed by atoms with Gasteiger partial charge in [-0.1, -0.05) is 43.7 Å². The van der Waals surface area contributed by atoms with Crippen LogP contribution in [0.1, 0.15) is 25.3 Å². The summed E-state index contributed by atoms with van der Waals surface area (Å²) >= 11 is 0. The lowest BCUT2D eigenvalue weighted by atomic mass is 10.1. The summed E-state index contributed by atoms with van der Waals surface area (Å²) in [7, 11) is -3.72. The molecule has 0 spiro atoms. The molecular formula is C21H22N2O3S. The van der Waals surface area contributed by atoms with E-state index in [-0.39, 0.29) is 4.90 Å². The average molecular weight is 382 g/mol. The number of ether oxygens (including phenoxy) is 1. The van der Waals surface area contributed by atoms with E-state index in [0.717, 1.165) is 34.9 Å². The molecule has 0 aliphatic carbocycles. The second kappa shape index (κ2) is 8.68. The Morgan fingerprint density at radius 3 is 2.48 bits per heavy atom. The van der Waals surface area contributed by atoms with Gasteiger partial charge in [0.25, 0.3) is 10.0 Å². The van der Waals surface area contributed by atoms with E-state index < -0.39 is 10.0 Å². The van der Waals surface area contributed by atoms with Gasteiger partial charge < -0.3 is 4.74 Å². The third-order valence-corrected chi connectivity index (χ3v) is 5.28. The van der Waals surface area contributed by atoms with Gasteiger partial charge in [-0.2, -0.15) is 13.5 Å². The molecule has 0 fully saturated rings. The first kappa shape index (κ1) is 18.9. The standard InChI is InChI=1S/C21H22N2O3S/c1-2-3-14-26-20-11-8-17(9-12-20)16-22-23-27(24,25)21-13-10-18-6-4-5-7-19(18)15-21/h4-13,15-16,23H,2-3,14H2,1H3/b22-16+. The molecule has 3 aromatic carbocycles. The van der Waals surface area contributed by atoms with Crippen molar-refractivity contribution in [1.82, 2.24) is 4.83 Å². The van der Waals surface area contributed by atoms with E-state index in [9.17, 15) is 8.42 Å². The van der Waals surface area contributed by atoms with E-state index in [1.54, 1.807) is 18.2 Å². The normalized spacial score (nSPS) is 11.7. The molecular weight excluding hydrogens is 360 g/mol. The van der Waals surface area contributed by atoms with Gasteiger partial charge in [-0.3, -0.25) is 0 Å². The number of rotatable bonds is 8. The van der Waals surface area contributed by atoms with Crippen LogP contribution in [0.4, 0.5) is 0 Å². The van der Waals surface area contributed by atoms with E-state index in [4.69, 9.17) is 4.74 Å². The molecule has 0 saturated heterocycles. The van der Waals surface area contributed by atoms with Crippen molar-refractivity contribution >= 4 is 27.0 Å². The molecule has 0 aromatic heterocycles. The molecule has 6 heteroatoms. The fourth-order valence-electron chi connectivity index (χ4n) is 2.54. The van der Waals surface area contributed by atoms with Crippen LogP contribution in [-0.2, 0) is 10.0 Å². The number of fused-ring (bicyclic) bond motifs is 1. The second-order valence-corrected chi connectivity index (χ2v) is 7.79. The lowest BCUT2D eigenvalue weighted by Gasteiger charge is -2.06. The lowest BCUT2D eigenvalue weighted by Crippen LogP contribution is -2.18. The van der Waals surface area contributed by atoms with Crippen LogP contribution in [0.15, 0.2) is 76.7 Å². The van der Waals surface area contributed by atoms with Crippen LogP contribution < -0.4 is 9.57 Å². The molecule has 0 unspecified atom stereocenters. The summed E-state index contributed by atoms with van der Waals surface area (Å²) in [4.78, 5) is 2.43. The molecule has 3 rings (SSSR count). The van der Waals surface area contributed by atoms with Crippen LogP contribution in [0.5, 0.6) is 5.75 Å². The average Bonchev–Trinajstić information content (AvgIpc) is 2.69. The van der Waals surface area contributed by atoms with Gasteiger partial charge in [-0.25, -0.2) is 4.83 Å². The van der Waals surface area contributed by atoms with E-state index in [1.165, 1.54) is 6.21 Å². The number of hydrogen-bond acceptors (Lipinski definition) is 4. The Morgan fingerprint density at radius 2 is 1.74 bits per heavy atom. The fraction of sp³-hybridized carbons (Fsp3) is 0.190. The number of benzene rings is 3. The highest BCUT2D eigenvalue weighted by Gasteiger charge is 2.12. The van der Waals surface area contributed by atoms with Gasteiger partial charge in [0.1, 0.15) is 5.75 Å². The largest absolute Gasteiger partial charge is 0.494 e. The maximum atomic E-state index is 12.4. The number of nitrogens with one attached hydrogen (secondary N) is 1. The molecule has 27 heavy (non-hydrogen) atoms. The highest BCUT2D eigenvalue weighted by molar-refractivity contribution is 7.89. The first-order chi connectivity index (χ1) is 13.1. The number of hydrogen-bond donors (Lipinski definition) is 1. The third kappa shape index (κ3) is 5.08. The van der Waals surface area contributed by atoms with Gasteiger partial charge in [0.05, 0.1) is 17.7 Å². The number of nitrogens with zero attached hydrogens (tertiary/aromatic N) is 1. The van der Waals surface area contributed by atoms with E-state index in [2.05, 4.69) is 16.9 Å². The van der Waals surface area contributed by atoms with Crippen molar-refractivity contribution in [3.63, 3.8) is 0 Å². The quantitative estimate of drug-likeness (QED) is 0.358. The number of unbranched alkanes of at least 4 members (excludes halogenated alkanes) is 1. The molecule has 3 aromatic rings. The highest BCUT2D eigenvalue weighted by Crippen LogP contribution is 2.18. The molecule has 0 radical (unpaired) electrons. The molecule has 140 valence electrons. The zero-order chi connectivity index (χ0) is 19.1. The Kier molecular flexibility index (Phi) is 6.08. The van der Waals surface area contributed by atoms with Crippen LogP contribution in [0.3, 0.4) is 0 Å². The SMILES string of the molecule is CCCCOc1ccc(/C=N/NS(=O)(=O)c2ccc3ccccc3c2)cc1. The van der Waals surface area contributed by atoms with Crippen LogP contribution in [0.2, 0.25) is 0 Å². The number of sulfonamides is 1. The van der Waals surface area contributed by atoms with Gasteiger partial charge in [-0.05, 0) is 59.2 Å². The monoisotopic (exact) mass is 382 g/mol. The lowest BCUT2D eigenvalue weighted by molar-refractivity contribution is 0.309. The molecule has 0 saturated carbocycles. The maximum Gasteiger partial charge on any atom is 0.276 e. The Bertz CT molecular complexity index is 1030. The van der Waals surface area contributed by atoms with Crippen molar-refractivity contribution in [2.24, 2.45) is 5.10 Å². The Morgan fingerprint density at radius 1 is 1.00 bits per heavy atom. The fourth-order valence-corrected chi connectivity index (χ4v) is 3.37. The van der Waals surface area contributed by atoms with Crippen molar-refractivity contribution in [2.75, 3.05) is 6.61 Å². The summed E-state index contributed by atoms with van der Waals surface area (Å²) in [5.74, 6) is 0.789. The van der Waals surface area contributed by atoms with Gasteiger partial charge in [0.15, 0.2) is 0 Å².